The van der Waals surface area contributed by atoms with E-state index < -0.39 is 5.97 Å². The molecule has 2 aromatic carbocycles. The van der Waals surface area contributed by atoms with Gasteiger partial charge >= 0.3 is 0 Å². The number of rotatable bonds is 13. The van der Waals surface area contributed by atoms with Crippen molar-refractivity contribution in [1.82, 2.24) is 0 Å². The van der Waals surface area contributed by atoms with Crippen molar-refractivity contribution >= 4 is 16.7 Å². The molecule has 30 heavy (non-hydrogen) atoms. The molecule has 0 bridgehead atoms. The van der Waals surface area contributed by atoms with E-state index in [9.17, 15) is 9.90 Å². The molecular weight excluding hydrogens is 370 g/mol. The Bertz CT molecular complexity index is 688. The van der Waals surface area contributed by atoms with Gasteiger partial charge in [-0.05, 0) is 48.1 Å². The minimum absolute atomic E-state index is 0.221. The number of quaternary nitrogens is 1. The molecule has 0 heterocycles. The summed E-state index contributed by atoms with van der Waals surface area (Å²) in [4.78, 5) is 10.5. The van der Waals surface area contributed by atoms with Crippen molar-refractivity contribution in [2.45, 2.75) is 79.1 Å². The number of unbranched alkanes of at least 4 members (excludes halogenated alkanes) is 4. The van der Waals surface area contributed by atoms with Gasteiger partial charge in [0.25, 0.3) is 0 Å². The first-order chi connectivity index (χ1) is 14.5. The van der Waals surface area contributed by atoms with Crippen molar-refractivity contribution in [2.24, 2.45) is 0 Å². The topological polar surface area (TPSA) is 40.1 Å². The maximum Gasteiger partial charge on any atom is 0.0786 e. The number of carbonyl (C=O) groups excluding carboxylic acids is 1. The summed E-state index contributed by atoms with van der Waals surface area (Å²) in [6.45, 7) is 15.0. The van der Waals surface area contributed by atoms with E-state index in [1.165, 1.54) is 82.0 Å². The normalized spacial score (nSPS) is 11.2. The van der Waals surface area contributed by atoms with Gasteiger partial charge < -0.3 is 14.4 Å². The smallest absolute Gasteiger partial charge is 0.0786 e. The standard InChI is InChI=1S/C16H36N.C11H8O2/c1-5-9-13-17(14-10-6-2,15-11-7-3)16-12-8-4;12-11(13)10-6-5-8-3-1-2-4-9(8)7-10/h5-16H2,1-4H3;1-7H,(H,12,13)/q+1;/p-1. The first-order valence-electron chi connectivity index (χ1n) is 12.1. The van der Waals surface area contributed by atoms with E-state index in [0.29, 0.717) is 0 Å². The van der Waals surface area contributed by atoms with Crippen LogP contribution in [0.15, 0.2) is 42.5 Å². The molecule has 168 valence electrons. The molecule has 0 radical (unpaired) electrons. The molecule has 0 fully saturated rings. The Kier molecular flexibility index (Phi) is 13.1. The first-order valence-corrected chi connectivity index (χ1v) is 12.1. The van der Waals surface area contributed by atoms with Crippen LogP contribution in [0.4, 0.5) is 0 Å². The second-order valence-electron chi connectivity index (χ2n) is 8.50. The highest BCUT2D eigenvalue weighted by molar-refractivity contribution is 5.93. The molecule has 2 rings (SSSR count). The van der Waals surface area contributed by atoms with E-state index in [2.05, 4.69) is 27.7 Å². The van der Waals surface area contributed by atoms with Crippen molar-refractivity contribution in [2.75, 3.05) is 26.2 Å². The molecule has 0 aliphatic rings. The van der Waals surface area contributed by atoms with Crippen LogP contribution in [-0.2, 0) is 0 Å². The Morgan fingerprint density at radius 2 is 1.13 bits per heavy atom. The Balaban J connectivity index is 0.000000308. The quantitative estimate of drug-likeness (QED) is 0.366. The van der Waals surface area contributed by atoms with E-state index >= 15 is 0 Å². The van der Waals surface area contributed by atoms with Crippen LogP contribution in [0.2, 0.25) is 0 Å². The van der Waals surface area contributed by atoms with Gasteiger partial charge in [-0.2, -0.15) is 0 Å². The largest absolute Gasteiger partial charge is 0.545 e. The van der Waals surface area contributed by atoms with E-state index in [4.69, 9.17) is 0 Å². The van der Waals surface area contributed by atoms with E-state index in [1.54, 1.807) is 18.2 Å². The monoisotopic (exact) mass is 413 g/mol. The molecular formula is C27H43NO2. The van der Waals surface area contributed by atoms with Gasteiger partial charge in [-0.1, -0.05) is 89.8 Å². The van der Waals surface area contributed by atoms with Crippen molar-refractivity contribution < 1.29 is 14.4 Å². The predicted octanol–water partition coefficient (Wildman–Crippen LogP) is 6.21. The van der Waals surface area contributed by atoms with E-state index in [0.717, 1.165) is 10.8 Å². The molecule has 0 aromatic heterocycles. The van der Waals surface area contributed by atoms with E-state index in [-0.39, 0.29) is 5.56 Å². The second-order valence-corrected chi connectivity index (χ2v) is 8.50. The van der Waals surface area contributed by atoms with Crippen molar-refractivity contribution in [3.63, 3.8) is 0 Å². The maximum atomic E-state index is 10.5. The van der Waals surface area contributed by atoms with Crippen molar-refractivity contribution in [3.8, 4) is 0 Å². The fourth-order valence-corrected chi connectivity index (χ4v) is 3.96. The Morgan fingerprint density at radius 3 is 1.53 bits per heavy atom. The number of carboxylic acid groups (broad SMARTS) is 1. The number of carbonyl (C=O) groups is 1. The van der Waals surface area contributed by atoms with Gasteiger partial charge in [-0.3, -0.25) is 0 Å². The number of hydrogen-bond donors (Lipinski definition) is 0. The van der Waals surface area contributed by atoms with Gasteiger partial charge in [0.1, 0.15) is 0 Å². The average molecular weight is 414 g/mol. The lowest BCUT2D eigenvalue weighted by Gasteiger charge is -2.39. The van der Waals surface area contributed by atoms with Crippen molar-refractivity contribution in [3.05, 3.63) is 48.0 Å². The van der Waals surface area contributed by atoms with Crippen LogP contribution in [0, 0.1) is 0 Å². The highest BCUT2D eigenvalue weighted by Crippen LogP contribution is 2.17. The molecule has 0 amide bonds. The SMILES string of the molecule is CCCC[N+](CCCC)(CCCC)CCCC.O=C([O-])c1ccc2ccccc2c1. The molecule has 0 aliphatic heterocycles. The number of carboxylic acids is 1. The summed E-state index contributed by atoms with van der Waals surface area (Å²) in [6.07, 6.45) is 11.1. The highest BCUT2D eigenvalue weighted by atomic mass is 16.4. The Labute approximate surface area is 184 Å². The molecule has 0 saturated heterocycles. The summed E-state index contributed by atoms with van der Waals surface area (Å²) in [6, 6.07) is 12.6. The minimum atomic E-state index is -1.13. The summed E-state index contributed by atoms with van der Waals surface area (Å²) in [5.41, 5.74) is 0.221. The molecule has 2 aromatic rings. The number of fused-ring (bicyclic) bond motifs is 1. The number of benzene rings is 2. The second kappa shape index (κ2) is 15.0. The zero-order valence-electron chi connectivity index (χ0n) is 19.8. The third-order valence-electron chi connectivity index (χ3n) is 5.93. The van der Waals surface area contributed by atoms with Crippen LogP contribution in [-0.4, -0.2) is 36.6 Å². The average Bonchev–Trinajstić information content (AvgIpc) is 2.78. The third kappa shape index (κ3) is 9.30. The number of hydrogen-bond acceptors (Lipinski definition) is 2. The summed E-state index contributed by atoms with van der Waals surface area (Å²) in [7, 11) is 0. The molecule has 3 nitrogen and oxygen atoms in total. The minimum Gasteiger partial charge on any atom is -0.545 e. The van der Waals surface area contributed by atoms with Gasteiger partial charge in [0.15, 0.2) is 0 Å². The fourth-order valence-electron chi connectivity index (χ4n) is 3.96. The number of aromatic carboxylic acids is 1. The summed E-state index contributed by atoms with van der Waals surface area (Å²) < 4.78 is 1.42. The predicted molar refractivity (Wildman–Crippen MR) is 128 cm³/mol. The van der Waals surface area contributed by atoms with Gasteiger partial charge in [0.2, 0.25) is 0 Å². The molecule has 0 unspecified atom stereocenters. The molecule has 0 aliphatic carbocycles. The zero-order chi connectivity index (χ0) is 22.2. The van der Waals surface area contributed by atoms with Crippen LogP contribution in [0.5, 0.6) is 0 Å². The van der Waals surface area contributed by atoms with Crippen LogP contribution < -0.4 is 5.11 Å². The lowest BCUT2D eigenvalue weighted by Crippen LogP contribution is -2.50. The summed E-state index contributed by atoms with van der Waals surface area (Å²) >= 11 is 0. The van der Waals surface area contributed by atoms with Crippen LogP contribution in [0.25, 0.3) is 10.8 Å². The molecule has 0 spiro atoms. The third-order valence-corrected chi connectivity index (χ3v) is 5.93. The Morgan fingerprint density at radius 1 is 0.700 bits per heavy atom. The highest BCUT2D eigenvalue weighted by Gasteiger charge is 2.24. The van der Waals surface area contributed by atoms with Crippen molar-refractivity contribution in [1.29, 1.82) is 0 Å². The van der Waals surface area contributed by atoms with Crippen LogP contribution in [0.1, 0.15) is 89.4 Å². The van der Waals surface area contributed by atoms with Crippen LogP contribution in [0.3, 0.4) is 0 Å². The molecule has 0 N–H and O–H groups in total. The lowest BCUT2D eigenvalue weighted by molar-refractivity contribution is -0.929. The molecule has 0 atom stereocenters. The lowest BCUT2D eigenvalue weighted by atomic mass is 10.1. The number of nitrogens with zero attached hydrogens (tertiary/aromatic N) is 1. The summed E-state index contributed by atoms with van der Waals surface area (Å²) in [5.74, 6) is -1.13. The Hall–Kier alpha value is -1.87. The van der Waals surface area contributed by atoms with Gasteiger partial charge in [-0.15, -0.1) is 0 Å². The molecule has 3 heteroatoms. The molecule has 0 saturated carbocycles. The first kappa shape index (κ1) is 26.2. The van der Waals surface area contributed by atoms with Crippen LogP contribution >= 0.6 is 0 Å². The van der Waals surface area contributed by atoms with Gasteiger partial charge in [-0.25, -0.2) is 0 Å². The van der Waals surface area contributed by atoms with E-state index in [1.807, 2.05) is 24.3 Å². The van der Waals surface area contributed by atoms with Gasteiger partial charge in [0.05, 0.1) is 32.1 Å². The zero-order valence-corrected chi connectivity index (χ0v) is 19.8. The maximum absolute atomic E-state index is 10.5. The summed E-state index contributed by atoms with van der Waals surface area (Å²) in [5, 5.41) is 12.5. The van der Waals surface area contributed by atoms with Gasteiger partial charge in [0, 0.05) is 0 Å². The fraction of sp³-hybridized carbons (Fsp3) is 0.593.